The monoisotopic (exact) mass is 350 g/mol. The molecule has 0 aliphatic carbocycles. The van der Waals surface area contributed by atoms with Crippen LogP contribution in [0.4, 0.5) is 0 Å². The smallest absolute Gasteiger partial charge is 0.282 e. The van der Waals surface area contributed by atoms with Crippen LogP contribution >= 0.6 is 0 Å². The number of benzene rings is 1. The van der Waals surface area contributed by atoms with Crippen molar-refractivity contribution in [2.24, 2.45) is 0 Å². The van der Waals surface area contributed by atoms with E-state index in [4.69, 9.17) is 5.26 Å². The summed E-state index contributed by atoms with van der Waals surface area (Å²) in [7, 11) is -3.46. The van der Waals surface area contributed by atoms with Gasteiger partial charge in [0.15, 0.2) is 0 Å². The van der Waals surface area contributed by atoms with Gasteiger partial charge in [-0.1, -0.05) is 19.9 Å². The number of carbonyl (C=O) groups is 1. The summed E-state index contributed by atoms with van der Waals surface area (Å²) in [6.07, 6.45) is 0. The van der Waals surface area contributed by atoms with E-state index in [1.54, 1.807) is 29.2 Å². The predicted octanol–water partition coefficient (Wildman–Crippen LogP) is 0.903. The Kier molecular flexibility index (Phi) is 5.94. The Hall–Kier alpha value is -1.95. The van der Waals surface area contributed by atoms with Crippen LogP contribution in [-0.4, -0.2) is 67.1 Å². The molecule has 0 N–H and O–H groups in total. The first-order chi connectivity index (χ1) is 11.4. The summed E-state index contributed by atoms with van der Waals surface area (Å²) < 4.78 is 27.8. The molecule has 0 aromatic heterocycles. The first-order valence-corrected chi connectivity index (χ1v) is 9.38. The van der Waals surface area contributed by atoms with Gasteiger partial charge in [-0.15, -0.1) is 0 Å². The van der Waals surface area contributed by atoms with Gasteiger partial charge in [-0.2, -0.15) is 22.3 Å². The molecule has 1 aliphatic rings. The number of nitrogens with zero attached hydrogens (tertiary/aromatic N) is 4. The third kappa shape index (κ3) is 3.75. The lowest BCUT2D eigenvalue weighted by atomic mass is 10.1. The molecule has 1 aromatic rings. The highest BCUT2D eigenvalue weighted by Crippen LogP contribution is 2.15. The van der Waals surface area contributed by atoms with Crippen LogP contribution in [-0.2, 0) is 10.2 Å². The van der Waals surface area contributed by atoms with Crippen molar-refractivity contribution in [2.45, 2.75) is 13.8 Å². The van der Waals surface area contributed by atoms with Crippen molar-refractivity contribution in [1.82, 2.24) is 13.5 Å². The van der Waals surface area contributed by atoms with Crippen molar-refractivity contribution in [3.05, 3.63) is 35.4 Å². The highest BCUT2D eigenvalue weighted by molar-refractivity contribution is 7.86. The molecule has 8 heteroatoms. The summed E-state index contributed by atoms with van der Waals surface area (Å²) in [6.45, 7) is 5.72. The number of piperazine rings is 1. The normalized spacial score (nSPS) is 16.2. The van der Waals surface area contributed by atoms with E-state index in [0.29, 0.717) is 37.3 Å². The van der Waals surface area contributed by atoms with Gasteiger partial charge in [-0.05, 0) is 18.2 Å². The van der Waals surface area contributed by atoms with Crippen LogP contribution in [0, 0.1) is 11.3 Å². The lowest BCUT2D eigenvalue weighted by Crippen LogP contribution is -2.54. The van der Waals surface area contributed by atoms with Gasteiger partial charge in [0.1, 0.15) is 0 Å². The van der Waals surface area contributed by atoms with Gasteiger partial charge < -0.3 is 4.90 Å². The number of amides is 1. The molecule has 0 unspecified atom stereocenters. The minimum absolute atomic E-state index is 0.174. The molecule has 1 amide bonds. The van der Waals surface area contributed by atoms with Gasteiger partial charge in [0.05, 0.1) is 11.6 Å². The van der Waals surface area contributed by atoms with Crippen LogP contribution < -0.4 is 0 Å². The predicted molar refractivity (Wildman–Crippen MR) is 90.5 cm³/mol. The molecule has 0 radical (unpaired) electrons. The molecule has 1 saturated heterocycles. The Morgan fingerprint density at radius 1 is 1.21 bits per heavy atom. The van der Waals surface area contributed by atoms with Crippen molar-refractivity contribution in [1.29, 1.82) is 5.26 Å². The van der Waals surface area contributed by atoms with E-state index in [2.05, 4.69) is 0 Å². The zero-order chi connectivity index (χ0) is 17.7. The second-order valence-corrected chi connectivity index (χ2v) is 7.40. The van der Waals surface area contributed by atoms with Crippen molar-refractivity contribution >= 4 is 16.1 Å². The van der Waals surface area contributed by atoms with Crippen LogP contribution in [0.1, 0.15) is 29.8 Å². The average Bonchev–Trinajstić information content (AvgIpc) is 2.62. The number of hydrogen-bond acceptors (Lipinski definition) is 4. The second kappa shape index (κ2) is 7.75. The van der Waals surface area contributed by atoms with Gasteiger partial charge in [-0.3, -0.25) is 4.79 Å². The fraction of sp³-hybridized carbons (Fsp3) is 0.500. The molecule has 0 atom stereocenters. The molecule has 1 fully saturated rings. The Labute approximate surface area is 143 Å². The third-order valence-corrected chi connectivity index (χ3v) is 6.31. The summed E-state index contributed by atoms with van der Waals surface area (Å²) >= 11 is 0. The van der Waals surface area contributed by atoms with Gasteiger partial charge >= 0.3 is 0 Å². The molecule has 0 spiro atoms. The van der Waals surface area contributed by atoms with E-state index in [1.807, 2.05) is 19.9 Å². The summed E-state index contributed by atoms with van der Waals surface area (Å²) in [6, 6.07) is 8.56. The summed E-state index contributed by atoms with van der Waals surface area (Å²) in [5.41, 5.74) is 0.887. The van der Waals surface area contributed by atoms with E-state index >= 15 is 0 Å². The minimum Gasteiger partial charge on any atom is -0.336 e. The quantitative estimate of drug-likeness (QED) is 0.790. The lowest BCUT2D eigenvalue weighted by molar-refractivity contribution is 0.0694. The van der Waals surface area contributed by atoms with Crippen molar-refractivity contribution in [3.63, 3.8) is 0 Å². The van der Waals surface area contributed by atoms with Crippen LogP contribution in [0.2, 0.25) is 0 Å². The molecule has 1 heterocycles. The zero-order valence-electron chi connectivity index (χ0n) is 14.0. The van der Waals surface area contributed by atoms with Gasteiger partial charge in [0, 0.05) is 44.8 Å². The molecule has 1 aromatic carbocycles. The highest BCUT2D eigenvalue weighted by Gasteiger charge is 2.32. The van der Waals surface area contributed by atoms with Crippen LogP contribution in [0.3, 0.4) is 0 Å². The molecule has 7 nitrogen and oxygen atoms in total. The summed E-state index contributed by atoms with van der Waals surface area (Å²) in [5, 5.41) is 8.92. The van der Waals surface area contributed by atoms with Crippen molar-refractivity contribution in [3.8, 4) is 6.07 Å². The fourth-order valence-corrected chi connectivity index (χ4v) is 4.34. The number of rotatable bonds is 5. The molecule has 24 heavy (non-hydrogen) atoms. The second-order valence-electron chi connectivity index (χ2n) is 5.48. The molecule has 2 rings (SSSR count). The van der Waals surface area contributed by atoms with Gasteiger partial charge in [0.25, 0.3) is 16.1 Å². The average molecular weight is 350 g/mol. The zero-order valence-corrected chi connectivity index (χ0v) is 14.8. The summed E-state index contributed by atoms with van der Waals surface area (Å²) in [5.74, 6) is -0.174. The maximum Gasteiger partial charge on any atom is 0.282 e. The Morgan fingerprint density at radius 3 is 2.38 bits per heavy atom. The van der Waals surface area contributed by atoms with E-state index in [9.17, 15) is 13.2 Å². The Balaban J connectivity index is 2.05. The largest absolute Gasteiger partial charge is 0.336 e. The first kappa shape index (κ1) is 18.4. The number of hydrogen-bond donors (Lipinski definition) is 0. The molecule has 0 bridgehead atoms. The van der Waals surface area contributed by atoms with E-state index in [1.165, 1.54) is 8.61 Å². The number of nitriles is 1. The molecule has 0 saturated carbocycles. The lowest BCUT2D eigenvalue weighted by Gasteiger charge is -2.36. The maximum absolute atomic E-state index is 12.5. The van der Waals surface area contributed by atoms with Crippen LogP contribution in [0.15, 0.2) is 24.3 Å². The molecular formula is C16H22N4O3S. The van der Waals surface area contributed by atoms with E-state index in [-0.39, 0.29) is 19.0 Å². The Morgan fingerprint density at radius 2 is 1.83 bits per heavy atom. The Bertz CT molecular complexity index is 730. The maximum atomic E-state index is 12.5. The standard InChI is InChI=1S/C16H22N4O3S/c1-3-19(4-2)24(22,23)20-10-8-18(9-11-20)16(21)15-7-5-6-14(12-15)13-17/h5-7,12H,3-4,8-11H2,1-2H3. The topological polar surface area (TPSA) is 84.7 Å². The molecular weight excluding hydrogens is 328 g/mol. The molecule has 130 valence electrons. The highest BCUT2D eigenvalue weighted by atomic mass is 32.2. The van der Waals surface area contributed by atoms with Gasteiger partial charge in [0.2, 0.25) is 0 Å². The van der Waals surface area contributed by atoms with Crippen molar-refractivity contribution in [2.75, 3.05) is 39.3 Å². The summed E-state index contributed by atoms with van der Waals surface area (Å²) in [4.78, 5) is 14.1. The SMILES string of the molecule is CCN(CC)S(=O)(=O)N1CCN(C(=O)c2cccc(C#N)c2)CC1. The van der Waals surface area contributed by atoms with Crippen LogP contribution in [0.5, 0.6) is 0 Å². The van der Waals surface area contributed by atoms with Crippen LogP contribution in [0.25, 0.3) is 0 Å². The molecule has 1 aliphatic heterocycles. The fourth-order valence-electron chi connectivity index (χ4n) is 2.74. The van der Waals surface area contributed by atoms with E-state index in [0.717, 1.165) is 0 Å². The third-order valence-electron chi connectivity index (χ3n) is 4.12. The first-order valence-electron chi connectivity index (χ1n) is 7.98. The number of carbonyl (C=O) groups excluding carboxylic acids is 1. The van der Waals surface area contributed by atoms with E-state index < -0.39 is 10.2 Å². The minimum atomic E-state index is -3.46. The van der Waals surface area contributed by atoms with Gasteiger partial charge in [-0.25, -0.2) is 0 Å². The van der Waals surface area contributed by atoms with Crippen molar-refractivity contribution < 1.29 is 13.2 Å².